The normalized spacial score (nSPS) is 12.0. The number of rotatable bonds is 5. The van der Waals surface area contributed by atoms with Crippen molar-refractivity contribution in [1.29, 1.82) is 0 Å². The van der Waals surface area contributed by atoms with Gasteiger partial charge in [-0.15, -0.1) is 0 Å². The number of H-pyrrole nitrogens is 2. The average molecular weight is 305 g/mol. The fraction of sp³-hybridized carbons (Fsp3) is 0.286. The van der Waals surface area contributed by atoms with Crippen LogP contribution in [0.3, 0.4) is 0 Å². The second kappa shape index (κ2) is 6.25. The van der Waals surface area contributed by atoms with Gasteiger partial charge in [0.05, 0.1) is 11.0 Å². The molecule has 0 radical (unpaired) electrons. The number of fused-ring (bicyclic) bond motifs is 1. The van der Waals surface area contributed by atoms with E-state index in [1.54, 1.807) is 0 Å². The first kappa shape index (κ1) is 15.5. The van der Waals surface area contributed by atoms with E-state index in [-0.39, 0.29) is 5.56 Å². The summed E-state index contributed by atoms with van der Waals surface area (Å²) in [5, 5.41) is 11.5. The predicted octanol–water partition coefficient (Wildman–Crippen LogP) is 0.199. The molecule has 0 aliphatic carbocycles. The molecule has 0 aliphatic rings. The largest absolute Gasteiger partial charge is 0.480 e. The standard InChI is InChI=1S/C14H15N3O5/c1-2-3-9(14(21)22)16-11(18)7-4-5-8-10(6-7)17-13(20)12(19)15-8/h4-6,9H,2-3H2,1H3,(H,15,19)(H,16,18)(H,17,20)(H,21,22). The zero-order chi connectivity index (χ0) is 16.3. The third-order valence-electron chi connectivity index (χ3n) is 3.17. The van der Waals surface area contributed by atoms with Crippen LogP contribution in [0.5, 0.6) is 0 Å². The molecule has 2 aromatic rings. The Hall–Kier alpha value is -2.90. The van der Waals surface area contributed by atoms with Crippen LogP contribution in [0.25, 0.3) is 11.0 Å². The maximum atomic E-state index is 12.1. The highest BCUT2D eigenvalue weighted by atomic mass is 16.4. The van der Waals surface area contributed by atoms with Crippen LogP contribution < -0.4 is 16.4 Å². The molecule has 0 aliphatic heterocycles. The summed E-state index contributed by atoms with van der Waals surface area (Å²) in [6.07, 6.45) is 0.933. The van der Waals surface area contributed by atoms with Gasteiger partial charge in [0, 0.05) is 5.56 Å². The van der Waals surface area contributed by atoms with Gasteiger partial charge in [-0.2, -0.15) is 0 Å². The Bertz CT molecular complexity index is 836. The number of aromatic nitrogens is 2. The zero-order valence-electron chi connectivity index (χ0n) is 11.8. The minimum atomic E-state index is -1.10. The Morgan fingerprint density at radius 3 is 2.41 bits per heavy atom. The maximum absolute atomic E-state index is 12.1. The minimum absolute atomic E-state index is 0.192. The van der Waals surface area contributed by atoms with Gasteiger partial charge in [-0.25, -0.2) is 4.79 Å². The van der Waals surface area contributed by atoms with Gasteiger partial charge in [0.25, 0.3) is 5.91 Å². The van der Waals surface area contributed by atoms with E-state index in [0.29, 0.717) is 23.9 Å². The second-order valence-electron chi connectivity index (χ2n) is 4.82. The highest BCUT2D eigenvalue weighted by Gasteiger charge is 2.19. The van der Waals surface area contributed by atoms with Crippen molar-refractivity contribution in [3.63, 3.8) is 0 Å². The van der Waals surface area contributed by atoms with Crippen LogP contribution in [-0.4, -0.2) is 33.0 Å². The van der Waals surface area contributed by atoms with E-state index >= 15 is 0 Å². The van der Waals surface area contributed by atoms with E-state index in [4.69, 9.17) is 5.11 Å². The Morgan fingerprint density at radius 2 is 1.82 bits per heavy atom. The molecule has 1 amide bonds. The quantitative estimate of drug-likeness (QED) is 0.586. The van der Waals surface area contributed by atoms with Gasteiger partial charge >= 0.3 is 17.1 Å². The van der Waals surface area contributed by atoms with E-state index in [1.807, 2.05) is 6.92 Å². The summed E-state index contributed by atoms with van der Waals surface area (Å²) in [6.45, 7) is 1.82. The van der Waals surface area contributed by atoms with Crippen LogP contribution in [0.15, 0.2) is 27.8 Å². The molecule has 8 nitrogen and oxygen atoms in total. The number of aromatic amines is 2. The highest BCUT2D eigenvalue weighted by molar-refractivity contribution is 5.99. The summed E-state index contributed by atoms with van der Waals surface area (Å²) >= 11 is 0. The van der Waals surface area contributed by atoms with E-state index in [0.717, 1.165) is 0 Å². The molecule has 1 aromatic carbocycles. The smallest absolute Gasteiger partial charge is 0.326 e. The van der Waals surface area contributed by atoms with Crippen molar-refractivity contribution < 1.29 is 14.7 Å². The van der Waals surface area contributed by atoms with E-state index in [1.165, 1.54) is 18.2 Å². The summed E-state index contributed by atoms with van der Waals surface area (Å²) in [5.74, 6) is -1.66. The van der Waals surface area contributed by atoms with Crippen molar-refractivity contribution in [2.45, 2.75) is 25.8 Å². The van der Waals surface area contributed by atoms with Crippen LogP contribution in [0, 0.1) is 0 Å². The number of amides is 1. The van der Waals surface area contributed by atoms with Gasteiger partial charge in [-0.3, -0.25) is 14.4 Å². The first-order valence-corrected chi connectivity index (χ1v) is 6.72. The number of nitrogens with one attached hydrogen (secondary N) is 3. The van der Waals surface area contributed by atoms with Gasteiger partial charge in [-0.05, 0) is 24.6 Å². The first-order chi connectivity index (χ1) is 10.4. The molecule has 0 spiro atoms. The summed E-state index contributed by atoms with van der Waals surface area (Å²) < 4.78 is 0. The van der Waals surface area contributed by atoms with Crippen molar-refractivity contribution in [3.8, 4) is 0 Å². The Balaban J connectivity index is 2.32. The van der Waals surface area contributed by atoms with Crippen molar-refractivity contribution in [2.75, 3.05) is 0 Å². The van der Waals surface area contributed by atoms with Crippen molar-refractivity contribution in [3.05, 3.63) is 44.5 Å². The lowest BCUT2D eigenvalue weighted by molar-refractivity contribution is -0.139. The summed E-state index contributed by atoms with van der Waals surface area (Å²) in [5.41, 5.74) is -0.736. The Kier molecular flexibility index (Phi) is 4.40. The fourth-order valence-corrected chi connectivity index (χ4v) is 2.04. The van der Waals surface area contributed by atoms with Crippen molar-refractivity contribution >= 4 is 22.9 Å². The van der Waals surface area contributed by atoms with Crippen LogP contribution in [-0.2, 0) is 4.79 Å². The molecule has 1 heterocycles. The van der Waals surface area contributed by atoms with E-state index < -0.39 is 29.0 Å². The predicted molar refractivity (Wildman–Crippen MR) is 79.0 cm³/mol. The van der Waals surface area contributed by atoms with E-state index in [9.17, 15) is 19.2 Å². The van der Waals surface area contributed by atoms with Crippen LogP contribution >= 0.6 is 0 Å². The molecule has 1 unspecified atom stereocenters. The van der Waals surface area contributed by atoms with Crippen LogP contribution in [0.4, 0.5) is 0 Å². The average Bonchev–Trinajstić information content (AvgIpc) is 2.47. The van der Waals surface area contributed by atoms with Gasteiger partial charge in [0.1, 0.15) is 6.04 Å². The number of aliphatic carboxylic acids is 1. The summed E-state index contributed by atoms with van der Waals surface area (Å²) in [6, 6.07) is 3.32. The monoisotopic (exact) mass is 305 g/mol. The maximum Gasteiger partial charge on any atom is 0.326 e. The number of hydrogen-bond donors (Lipinski definition) is 4. The van der Waals surface area contributed by atoms with Crippen molar-refractivity contribution in [2.24, 2.45) is 0 Å². The van der Waals surface area contributed by atoms with Gasteiger partial charge < -0.3 is 20.4 Å². The SMILES string of the molecule is CCCC(NC(=O)c1ccc2[nH]c(=O)c(=O)[nH]c2c1)C(=O)O. The number of hydrogen-bond acceptors (Lipinski definition) is 4. The number of benzene rings is 1. The molecule has 0 fully saturated rings. The molecular formula is C14H15N3O5. The molecule has 0 bridgehead atoms. The number of carbonyl (C=O) groups excluding carboxylic acids is 1. The highest BCUT2D eigenvalue weighted by Crippen LogP contribution is 2.10. The van der Waals surface area contributed by atoms with Gasteiger partial charge in [-0.1, -0.05) is 13.3 Å². The summed E-state index contributed by atoms with van der Waals surface area (Å²) in [7, 11) is 0. The molecule has 22 heavy (non-hydrogen) atoms. The Morgan fingerprint density at radius 1 is 1.18 bits per heavy atom. The molecule has 1 atom stereocenters. The molecule has 8 heteroatoms. The lowest BCUT2D eigenvalue weighted by Gasteiger charge is -2.13. The van der Waals surface area contributed by atoms with Gasteiger partial charge in [0.2, 0.25) is 0 Å². The summed E-state index contributed by atoms with van der Waals surface area (Å²) in [4.78, 5) is 50.4. The van der Waals surface area contributed by atoms with Crippen LogP contribution in [0.1, 0.15) is 30.1 Å². The lowest BCUT2D eigenvalue weighted by Crippen LogP contribution is -2.40. The number of carboxylic acids is 1. The molecule has 0 saturated carbocycles. The van der Waals surface area contributed by atoms with E-state index in [2.05, 4.69) is 15.3 Å². The topological polar surface area (TPSA) is 132 Å². The molecule has 116 valence electrons. The number of carbonyl (C=O) groups is 2. The number of carboxylic acid groups (broad SMARTS) is 1. The molecule has 2 rings (SSSR count). The van der Waals surface area contributed by atoms with Gasteiger partial charge in [0.15, 0.2) is 0 Å². The Labute approximate surface area is 124 Å². The first-order valence-electron chi connectivity index (χ1n) is 6.72. The third-order valence-corrected chi connectivity index (χ3v) is 3.17. The molecule has 1 aromatic heterocycles. The lowest BCUT2D eigenvalue weighted by atomic mass is 10.1. The second-order valence-corrected chi connectivity index (χ2v) is 4.82. The third kappa shape index (κ3) is 3.22. The molecular weight excluding hydrogens is 290 g/mol. The molecule has 0 saturated heterocycles. The molecule has 4 N–H and O–H groups in total. The zero-order valence-corrected chi connectivity index (χ0v) is 11.8. The fourth-order valence-electron chi connectivity index (χ4n) is 2.04. The minimum Gasteiger partial charge on any atom is -0.480 e. The van der Waals surface area contributed by atoms with Crippen LogP contribution in [0.2, 0.25) is 0 Å². The van der Waals surface area contributed by atoms with Crippen molar-refractivity contribution in [1.82, 2.24) is 15.3 Å².